The van der Waals surface area contributed by atoms with Crippen molar-refractivity contribution in [1.29, 1.82) is 0 Å². The Kier molecular flexibility index (Phi) is 4.48. The van der Waals surface area contributed by atoms with E-state index in [-0.39, 0.29) is 6.10 Å². The van der Waals surface area contributed by atoms with Crippen LogP contribution in [0.5, 0.6) is 5.75 Å². The highest BCUT2D eigenvalue weighted by Crippen LogP contribution is 2.24. The molecule has 0 aliphatic carbocycles. The number of anilines is 1. The molecule has 0 bridgehead atoms. The highest BCUT2D eigenvalue weighted by atomic mass is 16.5. The summed E-state index contributed by atoms with van der Waals surface area (Å²) in [5.41, 5.74) is 7.86. The van der Waals surface area contributed by atoms with Crippen LogP contribution in [0.4, 0.5) is 5.69 Å². The van der Waals surface area contributed by atoms with Gasteiger partial charge in [-0.3, -0.25) is 0 Å². The molecule has 1 aromatic rings. The van der Waals surface area contributed by atoms with Gasteiger partial charge in [-0.15, -0.1) is 0 Å². The first-order valence-corrected chi connectivity index (χ1v) is 6.90. The Morgan fingerprint density at radius 2 is 2.06 bits per heavy atom. The molecule has 1 unspecified atom stereocenters. The maximum Gasteiger partial charge on any atom is 0.142 e. The Morgan fingerprint density at radius 1 is 1.33 bits per heavy atom. The van der Waals surface area contributed by atoms with E-state index in [1.165, 1.54) is 31.5 Å². The van der Waals surface area contributed by atoms with E-state index in [9.17, 15) is 0 Å². The molecule has 0 aromatic heterocycles. The van der Waals surface area contributed by atoms with Crippen molar-refractivity contribution in [2.75, 3.05) is 25.4 Å². The van der Waals surface area contributed by atoms with Crippen molar-refractivity contribution in [2.45, 2.75) is 39.2 Å². The summed E-state index contributed by atoms with van der Waals surface area (Å²) in [7, 11) is 0. The second-order valence-electron chi connectivity index (χ2n) is 5.31. The van der Waals surface area contributed by atoms with Crippen molar-refractivity contribution in [3.63, 3.8) is 0 Å². The molecule has 1 aromatic carbocycles. The Balaban J connectivity index is 1.80. The Hall–Kier alpha value is -1.22. The smallest absolute Gasteiger partial charge is 0.142 e. The van der Waals surface area contributed by atoms with Crippen LogP contribution in [0.25, 0.3) is 0 Å². The predicted octanol–water partition coefficient (Wildman–Crippen LogP) is 2.83. The first kappa shape index (κ1) is 13.2. The third kappa shape index (κ3) is 3.64. The van der Waals surface area contributed by atoms with Gasteiger partial charge < -0.3 is 15.4 Å². The largest absolute Gasteiger partial charge is 0.489 e. The minimum Gasteiger partial charge on any atom is -0.489 e. The minimum atomic E-state index is 0.218. The molecule has 0 saturated carbocycles. The van der Waals surface area contributed by atoms with Gasteiger partial charge >= 0.3 is 0 Å². The Labute approximate surface area is 110 Å². The van der Waals surface area contributed by atoms with Crippen LogP contribution in [-0.2, 0) is 0 Å². The molecule has 1 fully saturated rings. The second-order valence-corrected chi connectivity index (χ2v) is 5.31. The monoisotopic (exact) mass is 248 g/mol. The number of nitrogen functional groups attached to an aromatic ring is 1. The Morgan fingerprint density at radius 3 is 2.72 bits per heavy atom. The molecule has 0 spiro atoms. The van der Waals surface area contributed by atoms with Gasteiger partial charge in [0.25, 0.3) is 0 Å². The van der Waals surface area contributed by atoms with Gasteiger partial charge in [-0.1, -0.05) is 6.07 Å². The molecule has 18 heavy (non-hydrogen) atoms. The SMILES string of the molecule is Cc1ccc(OC(C)CCN2CCCC2)c(N)c1. The lowest BCUT2D eigenvalue weighted by Crippen LogP contribution is -2.25. The van der Waals surface area contributed by atoms with Crippen LogP contribution in [-0.4, -0.2) is 30.6 Å². The van der Waals surface area contributed by atoms with Crippen molar-refractivity contribution in [3.05, 3.63) is 23.8 Å². The summed E-state index contributed by atoms with van der Waals surface area (Å²) in [4.78, 5) is 2.51. The molecule has 1 heterocycles. The van der Waals surface area contributed by atoms with Gasteiger partial charge in [-0.05, 0) is 63.9 Å². The first-order valence-electron chi connectivity index (χ1n) is 6.90. The molecule has 0 radical (unpaired) electrons. The van der Waals surface area contributed by atoms with Crippen LogP contribution in [0, 0.1) is 6.92 Å². The average molecular weight is 248 g/mol. The molecule has 1 atom stereocenters. The number of benzene rings is 1. The summed E-state index contributed by atoms with van der Waals surface area (Å²) in [6.45, 7) is 7.79. The van der Waals surface area contributed by atoms with E-state index in [1.54, 1.807) is 0 Å². The summed E-state index contributed by atoms with van der Waals surface area (Å²) >= 11 is 0. The number of nitrogens with zero attached hydrogens (tertiary/aromatic N) is 1. The van der Waals surface area contributed by atoms with Gasteiger partial charge in [0.2, 0.25) is 0 Å². The van der Waals surface area contributed by atoms with E-state index in [1.807, 2.05) is 25.1 Å². The van der Waals surface area contributed by atoms with Gasteiger partial charge in [-0.2, -0.15) is 0 Å². The highest BCUT2D eigenvalue weighted by Gasteiger charge is 2.13. The lowest BCUT2D eigenvalue weighted by Gasteiger charge is -2.20. The number of hydrogen-bond donors (Lipinski definition) is 1. The standard InChI is InChI=1S/C15H24N2O/c1-12-5-6-15(14(16)11-12)18-13(2)7-10-17-8-3-4-9-17/h5-6,11,13H,3-4,7-10,16H2,1-2H3. The number of likely N-dealkylation sites (tertiary alicyclic amines) is 1. The van der Waals surface area contributed by atoms with Crippen LogP contribution in [0.1, 0.15) is 31.7 Å². The third-order valence-electron chi connectivity index (χ3n) is 3.54. The van der Waals surface area contributed by atoms with Crippen molar-refractivity contribution in [3.8, 4) is 5.75 Å². The summed E-state index contributed by atoms with van der Waals surface area (Å²) in [6.07, 6.45) is 3.98. The zero-order valence-electron chi connectivity index (χ0n) is 11.5. The molecule has 3 nitrogen and oxygen atoms in total. The highest BCUT2D eigenvalue weighted by molar-refractivity contribution is 5.54. The van der Waals surface area contributed by atoms with E-state index in [0.717, 1.165) is 24.4 Å². The number of aryl methyl sites for hydroxylation is 1. The molecule has 1 saturated heterocycles. The van der Waals surface area contributed by atoms with Crippen molar-refractivity contribution >= 4 is 5.69 Å². The van der Waals surface area contributed by atoms with E-state index >= 15 is 0 Å². The van der Waals surface area contributed by atoms with E-state index in [4.69, 9.17) is 10.5 Å². The molecule has 100 valence electrons. The maximum atomic E-state index is 5.95. The molecule has 2 rings (SSSR count). The van der Waals surface area contributed by atoms with E-state index in [0.29, 0.717) is 0 Å². The topological polar surface area (TPSA) is 38.5 Å². The normalized spacial score (nSPS) is 17.9. The van der Waals surface area contributed by atoms with Crippen LogP contribution in [0.15, 0.2) is 18.2 Å². The fraction of sp³-hybridized carbons (Fsp3) is 0.600. The number of ether oxygens (including phenoxy) is 1. The van der Waals surface area contributed by atoms with Crippen LogP contribution < -0.4 is 10.5 Å². The Bertz CT molecular complexity index is 386. The molecule has 2 N–H and O–H groups in total. The second kappa shape index (κ2) is 6.10. The molecule has 1 aliphatic rings. The molecule has 3 heteroatoms. The molecular weight excluding hydrogens is 224 g/mol. The quantitative estimate of drug-likeness (QED) is 0.814. The molecule has 0 amide bonds. The summed E-state index contributed by atoms with van der Waals surface area (Å²) in [5, 5.41) is 0. The van der Waals surface area contributed by atoms with Gasteiger partial charge in [0, 0.05) is 6.54 Å². The average Bonchev–Trinajstić information content (AvgIpc) is 2.83. The third-order valence-corrected chi connectivity index (χ3v) is 3.54. The number of hydrogen-bond acceptors (Lipinski definition) is 3. The zero-order valence-corrected chi connectivity index (χ0v) is 11.5. The summed E-state index contributed by atoms with van der Waals surface area (Å²) in [5.74, 6) is 0.814. The number of rotatable bonds is 5. The molecular formula is C15H24N2O. The van der Waals surface area contributed by atoms with Gasteiger partial charge in [0.05, 0.1) is 11.8 Å². The van der Waals surface area contributed by atoms with E-state index in [2.05, 4.69) is 11.8 Å². The summed E-state index contributed by atoms with van der Waals surface area (Å²) < 4.78 is 5.91. The predicted molar refractivity (Wildman–Crippen MR) is 76.0 cm³/mol. The molecule has 1 aliphatic heterocycles. The van der Waals surface area contributed by atoms with Gasteiger partial charge in [0.1, 0.15) is 5.75 Å². The fourth-order valence-electron chi connectivity index (χ4n) is 2.42. The summed E-state index contributed by atoms with van der Waals surface area (Å²) in [6, 6.07) is 5.97. The van der Waals surface area contributed by atoms with Crippen LogP contribution in [0.2, 0.25) is 0 Å². The lowest BCUT2D eigenvalue weighted by molar-refractivity contribution is 0.188. The maximum absolute atomic E-state index is 5.95. The zero-order chi connectivity index (χ0) is 13.0. The lowest BCUT2D eigenvalue weighted by atomic mass is 10.2. The van der Waals surface area contributed by atoms with Crippen molar-refractivity contribution < 1.29 is 4.74 Å². The van der Waals surface area contributed by atoms with Crippen LogP contribution in [0.3, 0.4) is 0 Å². The van der Waals surface area contributed by atoms with Crippen LogP contribution >= 0.6 is 0 Å². The number of nitrogens with two attached hydrogens (primary N) is 1. The van der Waals surface area contributed by atoms with E-state index < -0.39 is 0 Å². The fourth-order valence-corrected chi connectivity index (χ4v) is 2.42. The van der Waals surface area contributed by atoms with Gasteiger partial charge in [0.15, 0.2) is 0 Å². The minimum absolute atomic E-state index is 0.218. The van der Waals surface area contributed by atoms with Crippen molar-refractivity contribution in [1.82, 2.24) is 4.90 Å². The van der Waals surface area contributed by atoms with Crippen molar-refractivity contribution in [2.24, 2.45) is 0 Å². The first-order chi connectivity index (χ1) is 8.65. The van der Waals surface area contributed by atoms with Gasteiger partial charge in [-0.25, -0.2) is 0 Å².